The third-order valence-corrected chi connectivity index (χ3v) is 2.44. The molecule has 1 aliphatic carbocycles. The molecule has 4 N–H and O–H groups in total. The van der Waals surface area contributed by atoms with Crippen molar-refractivity contribution in [1.29, 1.82) is 0 Å². The maximum atomic E-state index is 10.2. The summed E-state index contributed by atoms with van der Waals surface area (Å²) in [5.74, 6) is 0. The summed E-state index contributed by atoms with van der Waals surface area (Å²) in [5.41, 5.74) is 5.70. The second-order valence-corrected chi connectivity index (χ2v) is 3.58. The van der Waals surface area contributed by atoms with Crippen LogP contribution in [0.2, 0.25) is 0 Å². The maximum Gasteiger partial charge on any atom is 0.404 e. The number of nitrogens with one attached hydrogen (secondary N) is 1. The fraction of sp³-hybridized carbons (Fsp3) is 0.875. The molecule has 1 amide bonds. The van der Waals surface area contributed by atoms with Crippen molar-refractivity contribution in [3.05, 3.63) is 0 Å². The van der Waals surface area contributed by atoms with E-state index in [0.29, 0.717) is 6.54 Å². The molecule has 1 rings (SSSR count). The highest BCUT2D eigenvalue weighted by atomic mass is 16.4. The van der Waals surface area contributed by atoms with Crippen LogP contribution in [0.1, 0.15) is 32.1 Å². The Bertz CT molecular complexity index is 164. The fourth-order valence-electron chi connectivity index (χ4n) is 1.68. The van der Waals surface area contributed by atoms with Crippen LogP contribution in [0.15, 0.2) is 0 Å². The van der Waals surface area contributed by atoms with Gasteiger partial charge in [-0.1, -0.05) is 19.3 Å². The number of hydrogen-bond acceptors (Lipinski definition) is 2. The van der Waals surface area contributed by atoms with E-state index in [1.807, 2.05) is 0 Å². The first-order chi connectivity index (χ1) is 5.62. The van der Waals surface area contributed by atoms with Crippen LogP contribution >= 0.6 is 0 Å². The molecule has 4 heteroatoms. The predicted octanol–water partition coefficient (Wildman–Crippen LogP) is 0.916. The van der Waals surface area contributed by atoms with Gasteiger partial charge in [0.1, 0.15) is 0 Å². The molecule has 0 aromatic carbocycles. The number of nitrogens with two attached hydrogens (primary N) is 1. The SMILES string of the molecule is NC1(CNC(=O)O)CCCCC1. The molecule has 0 radical (unpaired) electrons. The van der Waals surface area contributed by atoms with Crippen molar-refractivity contribution >= 4 is 6.09 Å². The van der Waals surface area contributed by atoms with Gasteiger partial charge in [0.25, 0.3) is 0 Å². The van der Waals surface area contributed by atoms with Gasteiger partial charge in [-0.2, -0.15) is 0 Å². The summed E-state index contributed by atoms with van der Waals surface area (Å²) < 4.78 is 0. The molecule has 0 aromatic heterocycles. The van der Waals surface area contributed by atoms with Gasteiger partial charge in [-0.05, 0) is 12.8 Å². The fourth-order valence-corrected chi connectivity index (χ4v) is 1.68. The Labute approximate surface area is 72.1 Å². The van der Waals surface area contributed by atoms with Crippen LogP contribution in [-0.4, -0.2) is 23.3 Å². The lowest BCUT2D eigenvalue weighted by Gasteiger charge is -2.32. The Morgan fingerprint density at radius 2 is 2.00 bits per heavy atom. The van der Waals surface area contributed by atoms with E-state index in [2.05, 4.69) is 5.32 Å². The molecule has 1 fully saturated rings. The van der Waals surface area contributed by atoms with E-state index in [9.17, 15) is 4.79 Å². The Morgan fingerprint density at radius 1 is 1.42 bits per heavy atom. The minimum absolute atomic E-state index is 0.281. The minimum atomic E-state index is -0.981. The van der Waals surface area contributed by atoms with Crippen molar-refractivity contribution in [2.75, 3.05) is 6.54 Å². The zero-order valence-electron chi connectivity index (χ0n) is 7.18. The molecule has 0 bridgehead atoms. The van der Waals surface area contributed by atoms with Crippen molar-refractivity contribution in [1.82, 2.24) is 5.32 Å². The van der Waals surface area contributed by atoms with E-state index in [-0.39, 0.29) is 5.54 Å². The zero-order valence-corrected chi connectivity index (χ0v) is 7.18. The van der Waals surface area contributed by atoms with E-state index in [1.165, 1.54) is 6.42 Å². The third-order valence-electron chi connectivity index (χ3n) is 2.44. The minimum Gasteiger partial charge on any atom is -0.465 e. The molecule has 70 valence electrons. The van der Waals surface area contributed by atoms with Crippen molar-refractivity contribution in [2.24, 2.45) is 5.73 Å². The number of amides is 1. The van der Waals surface area contributed by atoms with Gasteiger partial charge in [-0.15, -0.1) is 0 Å². The highest BCUT2D eigenvalue weighted by Gasteiger charge is 2.27. The summed E-state index contributed by atoms with van der Waals surface area (Å²) in [5, 5.41) is 10.7. The molecule has 0 heterocycles. The van der Waals surface area contributed by atoms with Gasteiger partial charge in [-0.25, -0.2) is 4.79 Å². The van der Waals surface area contributed by atoms with E-state index in [4.69, 9.17) is 10.8 Å². The molecule has 0 saturated heterocycles. The molecule has 0 unspecified atom stereocenters. The van der Waals surface area contributed by atoms with Crippen molar-refractivity contribution in [3.8, 4) is 0 Å². The summed E-state index contributed by atoms with van der Waals surface area (Å²) in [6.07, 6.45) is 4.37. The molecule has 0 spiro atoms. The Kier molecular flexibility index (Phi) is 2.92. The van der Waals surface area contributed by atoms with Crippen molar-refractivity contribution in [2.45, 2.75) is 37.6 Å². The number of hydrogen-bond donors (Lipinski definition) is 3. The first-order valence-electron chi connectivity index (χ1n) is 4.38. The number of carbonyl (C=O) groups is 1. The van der Waals surface area contributed by atoms with E-state index < -0.39 is 6.09 Å². The van der Waals surface area contributed by atoms with Gasteiger partial charge in [0.2, 0.25) is 0 Å². The first-order valence-corrected chi connectivity index (χ1v) is 4.38. The average molecular weight is 172 g/mol. The van der Waals surface area contributed by atoms with Crippen LogP contribution in [0.3, 0.4) is 0 Å². The van der Waals surface area contributed by atoms with Crippen LogP contribution in [-0.2, 0) is 0 Å². The molecule has 1 aliphatic rings. The summed E-state index contributed by atoms with van der Waals surface area (Å²) in [6, 6.07) is 0. The monoisotopic (exact) mass is 172 g/mol. The largest absolute Gasteiger partial charge is 0.465 e. The first kappa shape index (κ1) is 9.32. The van der Waals surface area contributed by atoms with Gasteiger partial charge in [-0.3, -0.25) is 0 Å². The molecule has 0 atom stereocenters. The third kappa shape index (κ3) is 2.70. The Hall–Kier alpha value is -0.770. The standard InChI is InChI=1S/C8H16N2O2/c9-8(6-10-7(11)12)4-2-1-3-5-8/h10H,1-6,9H2,(H,11,12). The highest BCUT2D eigenvalue weighted by Crippen LogP contribution is 2.24. The topological polar surface area (TPSA) is 75.3 Å². The van der Waals surface area contributed by atoms with Gasteiger partial charge < -0.3 is 16.2 Å². The molecule has 0 aliphatic heterocycles. The van der Waals surface area contributed by atoms with Gasteiger partial charge in [0.15, 0.2) is 0 Å². The average Bonchev–Trinajstić information content (AvgIpc) is 2.03. The highest BCUT2D eigenvalue weighted by molar-refractivity contribution is 5.64. The molecular formula is C8H16N2O2. The lowest BCUT2D eigenvalue weighted by Crippen LogP contribution is -2.51. The van der Waals surface area contributed by atoms with Crippen LogP contribution in [0.4, 0.5) is 4.79 Å². The number of carboxylic acid groups (broad SMARTS) is 1. The molecule has 1 saturated carbocycles. The second kappa shape index (κ2) is 3.76. The van der Waals surface area contributed by atoms with Crippen LogP contribution in [0.5, 0.6) is 0 Å². The van der Waals surface area contributed by atoms with E-state index >= 15 is 0 Å². The summed E-state index contributed by atoms with van der Waals surface area (Å²) in [4.78, 5) is 10.2. The normalized spacial score (nSPS) is 21.8. The predicted molar refractivity (Wildman–Crippen MR) is 46.0 cm³/mol. The lowest BCUT2D eigenvalue weighted by molar-refractivity contribution is 0.187. The maximum absolute atomic E-state index is 10.2. The van der Waals surface area contributed by atoms with Crippen molar-refractivity contribution in [3.63, 3.8) is 0 Å². The summed E-state index contributed by atoms with van der Waals surface area (Å²) >= 11 is 0. The lowest BCUT2D eigenvalue weighted by atomic mass is 9.82. The van der Waals surface area contributed by atoms with Crippen LogP contribution < -0.4 is 11.1 Å². The van der Waals surface area contributed by atoms with Crippen molar-refractivity contribution < 1.29 is 9.90 Å². The molecule has 0 aromatic rings. The summed E-state index contributed by atoms with van der Waals surface area (Å²) in [7, 11) is 0. The van der Waals surface area contributed by atoms with Crippen LogP contribution in [0, 0.1) is 0 Å². The molecular weight excluding hydrogens is 156 g/mol. The van der Waals surface area contributed by atoms with E-state index in [1.54, 1.807) is 0 Å². The quantitative estimate of drug-likeness (QED) is 0.579. The summed E-state index contributed by atoms with van der Waals surface area (Å²) in [6.45, 7) is 0.391. The Morgan fingerprint density at radius 3 is 2.50 bits per heavy atom. The smallest absolute Gasteiger partial charge is 0.404 e. The van der Waals surface area contributed by atoms with Crippen LogP contribution in [0.25, 0.3) is 0 Å². The van der Waals surface area contributed by atoms with Gasteiger partial charge in [0, 0.05) is 12.1 Å². The van der Waals surface area contributed by atoms with E-state index in [0.717, 1.165) is 25.7 Å². The molecule has 12 heavy (non-hydrogen) atoms. The number of rotatable bonds is 2. The second-order valence-electron chi connectivity index (χ2n) is 3.58. The Balaban J connectivity index is 2.31. The van der Waals surface area contributed by atoms with Gasteiger partial charge >= 0.3 is 6.09 Å². The zero-order chi connectivity index (χ0) is 9.03. The molecule has 4 nitrogen and oxygen atoms in total. The van der Waals surface area contributed by atoms with Gasteiger partial charge in [0.05, 0.1) is 0 Å².